The zero-order chi connectivity index (χ0) is 19.2. The van der Waals surface area contributed by atoms with Gasteiger partial charge in [-0.25, -0.2) is 9.78 Å². The number of aromatic nitrogens is 1. The summed E-state index contributed by atoms with van der Waals surface area (Å²) in [6, 6.07) is 14.9. The van der Waals surface area contributed by atoms with E-state index in [9.17, 15) is 9.90 Å². The minimum absolute atomic E-state index is 0.0732. The van der Waals surface area contributed by atoms with Gasteiger partial charge in [-0.05, 0) is 49.5 Å². The molecular weight excluding hydrogens is 342 g/mol. The zero-order valence-corrected chi connectivity index (χ0v) is 15.7. The number of aliphatic hydroxyl groups is 1. The maximum atomic E-state index is 11.1. The third-order valence-corrected chi connectivity index (χ3v) is 5.20. The molecule has 0 amide bonds. The molecule has 3 rings (SSSR count). The molecule has 0 radical (unpaired) electrons. The van der Waals surface area contributed by atoms with E-state index in [-0.39, 0.29) is 5.69 Å². The van der Waals surface area contributed by atoms with Crippen LogP contribution in [0.5, 0.6) is 0 Å². The van der Waals surface area contributed by atoms with Gasteiger partial charge < -0.3 is 20.0 Å². The fourth-order valence-corrected chi connectivity index (χ4v) is 3.61. The molecule has 1 fully saturated rings. The molecule has 2 N–H and O–H groups in total. The van der Waals surface area contributed by atoms with Crippen LogP contribution >= 0.6 is 0 Å². The van der Waals surface area contributed by atoms with Crippen LogP contribution in [0.2, 0.25) is 0 Å². The Morgan fingerprint density at radius 3 is 2.56 bits per heavy atom. The van der Waals surface area contributed by atoms with Gasteiger partial charge in [0.05, 0.1) is 6.10 Å². The first-order chi connectivity index (χ1) is 13.0. The third kappa shape index (κ3) is 5.28. The average Bonchev–Trinajstić information content (AvgIpc) is 2.70. The van der Waals surface area contributed by atoms with E-state index in [0.717, 1.165) is 38.0 Å². The van der Waals surface area contributed by atoms with Gasteiger partial charge in [0.1, 0.15) is 5.82 Å². The molecule has 1 aliphatic rings. The number of rotatable bonds is 7. The number of β-amino-alcohol motifs (C(OH)–C–C–N with tert-alkyl or cyclic N) is 1. The topological polar surface area (TPSA) is 76.9 Å². The van der Waals surface area contributed by atoms with Gasteiger partial charge in [0.2, 0.25) is 0 Å². The summed E-state index contributed by atoms with van der Waals surface area (Å²) < 4.78 is 0. The summed E-state index contributed by atoms with van der Waals surface area (Å²) in [5, 5.41) is 19.5. The summed E-state index contributed by atoms with van der Waals surface area (Å²) in [6.45, 7) is 3.44. The van der Waals surface area contributed by atoms with Crippen molar-refractivity contribution >= 4 is 11.8 Å². The van der Waals surface area contributed by atoms with E-state index >= 15 is 0 Å². The Balaban J connectivity index is 1.48. The van der Waals surface area contributed by atoms with Crippen LogP contribution in [0.3, 0.4) is 0 Å². The highest BCUT2D eigenvalue weighted by Crippen LogP contribution is 2.22. The molecule has 2 heterocycles. The number of carboxylic acids is 1. The number of piperidine rings is 1. The van der Waals surface area contributed by atoms with Gasteiger partial charge in [-0.2, -0.15) is 0 Å². The number of likely N-dealkylation sites (tertiary alicyclic amines) is 1. The number of carbonyl (C=O) groups is 1. The molecular formula is C21H27N3O3. The lowest BCUT2D eigenvalue weighted by molar-refractivity contribution is 0.0690. The largest absolute Gasteiger partial charge is 0.477 e. The van der Waals surface area contributed by atoms with Crippen LogP contribution in [0.25, 0.3) is 0 Å². The molecule has 0 spiro atoms. The molecule has 2 aromatic rings. The molecule has 6 heteroatoms. The number of aromatic carboxylic acids is 1. The van der Waals surface area contributed by atoms with Crippen molar-refractivity contribution in [3.63, 3.8) is 0 Å². The Morgan fingerprint density at radius 1 is 1.19 bits per heavy atom. The van der Waals surface area contributed by atoms with Crippen molar-refractivity contribution in [3.8, 4) is 0 Å². The van der Waals surface area contributed by atoms with E-state index < -0.39 is 12.1 Å². The number of carboxylic acid groups (broad SMARTS) is 1. The Labute approximate surface area is 160 Å². The number of anilines is 1. The summed E-state index contributed by atoms with van der Waals surface area (Å²) >= 11 is 0. The van der Waals surface area contributed by atoms with E-state index in [1.165, 1.54) is 6.07 Å². The van der Waals surface area contributed by atoms with Crippen LogP contribution in [0, 0.1) is 5.92 Å². The van der Waals surface area contributed by atoms with Crippen molar-refractivity contribution in [2.75, 3.05) is 38.1 Å². The van der Waals surface area contributed by atoms with Crippen molar-refractivity contribution in [2.45, 2.75) is 18.9 Å². The summed E-state index contributed by atoms with van der Waals surface area (Å²) in [6.07, 6.45) is 1.67. The van der Waals surface area contributed by atoms with Gasteiger partial charge in [0.15, 0.2) is 5.69 Å². The summed E-state index contributed by atoms with van der Waals surface area (Å²) in [7, 11) is 1.96. The van der Waals surface area contributed by atoms with Gasteiger partial charge in [0.25, 0.3) is 0 Å². The first kappa shape index (κ1) is 19.3. The molecule has 1 aromatic heterocycles. The molecule has 6 nitrogen and oxygen atoms in total. The fraction of sp³-hybridized carbons (Fsp3) is 0.429. The van der Waals surface area contributed by atoms with E-state index in [4.69, 9.17) is 5.11 Å². The summed E-state index contributed by atoms with van der Waals surface area (Å²) in [5.74, 6) is 0.225. The molecule has 0 aliphatic carbocycles. The number of nitrogens with zero attached hydrogens (tertiary/aromatic N) is 3. The van der Waals surface area contributed by atoms with Crippen LogP contribution in [0.4, 0.5) is 5.82 Å². The second-order valence-electron chi connectivity index (χ2n) is 7.24. The first-order valence-electron chi connectivity index (χ1n) is 9.40. The maximum Gasteiger partial charge on any atom is 0.354 e. The van der Waals surface area contributed by atoms with Gasteiger partial charge >= 0.3 is 5.97 Å². The van der Waals surface area contributed by atoms with Crippen LogP contribution in [-0.4, -0.2) is 59.3 Å². The standard InChI is InChI=1S/C21H27N3O3/c1-23(20-9-5-8-18(22-20)21(26)27)14-16-10-12-24(13-11-16)15-19(25)17-6-3-2-4-7-17/h2-9,16,19,25H,10-15H2,1H3,(H,26,27). The Morgan fingerprint density at radius 2 is 1.89 bits per heavy atom. The quantitative estimate of drug-likeness (QED) is 0.781. The molecule has 0 bridgehead atoms. The number of aliphatic hydroxyl groups excluding tert-OH is 1. The van der Waals surface area contributed by atoms with Gasteiger partial charge in [-0.15, -0.1) is 0 Å². The van der Waals surface area contributed by atoms with Gasteiger partial charge in [0, 0.05) is 20.1 Å². The normalized spacial score (nSPS) is 16.8. The zero-order valence-electron chi connectivity index (χ0n) is 15.7. The van der Waals surface area contributed by atoms with Gasteiger partial charge in [-0.3, -0.25) is 0 Å². The minimum atomic E-state index is -1.00. The third-order valence-electron chi connectivity index (χ3n) is 5.20. The van der Waals surface area contributed by atoms with Crippen LogP contribution in [0.15, 0.2) is 48.5 Å². The molecule has 1 aromatic carbocycles. The van der Waals surface area contributed by atoms with E-state index in [1.807, 2.05) is 48.3 Å². The van der Waals surface area contributed by atoms with Crippen molar-refractivity contribution in [2.24, 2.45) is 5.92 Å². The minimum Gasteiger partial charge on any atom is -0.477 e. The van der Waals surface area contributed by atoms with Gasteiger partial charge in [-0.1, -0.05) is 36.4 Å². The predicted octanol–water partition coefficient (Wildman–Crippen LogP) is 2.66. The fourth-order valence-electron chi connectivity index (χ4n) is 3.61. The highest BCUT2D eigenvalue weighted by atomic mass is 16.4. The number of pyridine rings is 1. The Bertz CT molecular complexity index is 745. The highest BCUT2D eigenvalue weighted by molar-refractivity contribution is 5.85. The van der Waals surface area contributed by atoms with E-state index in [2.05, 4.69) is 9.88 Å². The van der Waals surface area contributed by atoms with Crippen molar-refractivity contribution in [1.82, 2.24) is 9.88 Å². The number of hydrogen-bond donors (Lipinski definition) is 2. The van der Waals surface area contributed by atoms with Crippen molar-refractivity contribution in [3.05, 3.63) is 59.8 Å². The predicted molar refractivity (Wildman–Crippen MR) is 105 cm³/mol. The lowest BCUT2D eigenvalue weighted by Gasteiger charge is -2.35. The molecule has 1 unspecified atom stereocenters. The molecule has 144 valence electrons. The highest BCUT2D eigenvalue weighted by Gasteiger charge is 2.23. The summed E-state index contributed by atoms with van der Waals surface area (Å²) in [5.41, 5.74) is 1.04. The molecule has 0 saturated carbocycles. The number of hydrogen-bond acceptors (Lipinski definition) is 5. The van der Waals surface area contributed by atoms with Crippen molar-refractivity contribution in [1.29, 1.82) is 0 Å². The maximum absolute atomic E-state index is 11.1. The van der Waals surface area contributed by atoms with Crippen LogP contribution in [0.1, 0.15) is 35.0 Å². The molecule has 27 heavy (non-hydrogen) atoms. The monoisotopic (exact) mass is 369 g/mol. The molecule has 1 saturated heterocycles. The van der Waals surface area contributed by atoms with Crippen molar-refractivity contribution < 1.29 is 15.0 Å². The molecule has 1 aliphatic heterocycles. The van der Waals surface area contributed by atoms with Crippen LogP contribution < -0.4 is 4.90 Å². The Kier molecular flexibility index (Phi) is 6.42. The lowest BCUT2D eigenvalue weighted by Crippen LogP contribution is -2.39. The first-order valence-corrected chi connectivity index (χ1v) is 9.40. The van der Waals surface area contributed by atoms with Crippen LogP contribution in [-0.2, 0) is 0 Å². The SMILES string of the molecule is CN(CC1CCN(CC(O)c2ccccc2)CC1)c1cccc(C(=O)O)n1. The van der Waals surface area contributed by atoms with E-state index in [0.29, 0.717) is 18.3 Å². The lowest BCUT2D eigenvalue weighted by atomic mass is 9.95. The van der Waals surface area contributed by atoms with E-state index in [1.54, 1.807) is 6.07 Å². The second kappa shape index (κ2) is 8.97. The second-order valence-corrected chi connectivity index (χ2v) is 7.24. The Hall–Kier alpha value is -2.44. The molecule has 1 atom stereocenters. The number of benzene rings is 1. The average molecular weight is 369 g/mol. The smallest absolute Gasteiger partial charge is 0.354 e. The summed E-state index contributed by atoms with van der Waals surface area (Å²) in [4.78, 5) is 19.6.